The summed E-state index contributed by atoms with van der Waals surface area (Å²) in [5.74, 6) is -0.507. The van der Waals surface area contributed by atoms with Gasteiger partial charge in [0.1, 0.15) is 13.2 Å². The van der Waals surface area contributed by atoms with Crippen LogP contribution in [0.15, 0.2) is 24.3 Å². The Hall–Kier alpha value is -2.36. The molecule has 0 amide bonds. The van der Waals surface area contributed by atoms with Gasteiger partial charge in [0.25, 0.3) is 0 Å². The predicted molar refractivity (Wildman–Crippen MR) is 200 cm³/mol. The maximum atomic E-state index is 12.1. The molecule has 0 aliphatic carbocycles. The van der Waals surface area contributed by atoms with Crippen LogP contribution in [-0.2, 0) is 52.2 Å². The summed E-state index contributed by atoms with van der Waals surface area (Å²) < 4.78 is 54.2. The van der Waals surface area contributed by atoms with Crippen molar-refractivity contribution >= 4 is 17.6 Å². The minimum absolute atomic E-state index is 0.145. The Morgan fingerprint density at radius 2 is 0.808 bits per heavy atom. The van der Waals surface area contributed by atoms with Crippen LogP contribution in [-0.4, -0.2) is 137 Å². The molecule has 0 bridgehead atoms. The molecule has 0 aromatic heterocycles. The van der Waals surface area contributed by atoms with Gasteiger partial charge in [0.15, 0.2) is 0 Å². The van der Waals surface area contributed by atoms with Crippen molar-refractivity contribution in [1.82, 2.24) is 0 Å². The summed E-state index contributed by atoms with van der Waals surface area (Å²) in [5.41, 5.74) is 1.51. The van der Waals surface area contributed by atoms with E-state index in [1.165, 1.54) is 32.1 Å². The summed E-state index contributed by atoms with van der Waals surface area (Å²) in [6.07, 6.45) is 11.0. The predicted octanol–water partition coefficient (Wildman–Crippen LogP) is 5.87. The van der Waals surface area contributed by atoms with Crippen molar-refractivity contribution in [2.45, 2.75) is 78.1 Å². The van der Waals surface area contributed by atoms with Crippen LogP contribution in [0.5, 0.6) is 0 Å². The van der Waals surface area contributed by atoms with E-state index in [9.17, 15) is 9.59 Å². The summed E-state index contributed by atoms with van der Waals surface area (Å²) >= 11 is 0. The zero-order valence-electron chi connectivity index (χ0n) is 32.2. The molecule has 13 nitrogen and oxygen atoms in total. The fourth-order valence-electron chi connectivity index (χ4n) is 4.56. The summed E-state index contributed by atoms with van der Waals surface area (Å²) in [7, 11) is 0. The highest BCUT2D eigenvalue weighted by molar-refractivity contribution is 5.89. The Balaban J connectivity index is 1.71. The number of unbranched alkanes of at least 4 members (excludes halogenated alkanes) is 7. The third-order valence-corrected chi connectivity index (χ3v) is 7.52. The van der Waals surface area contributed by atoms with E-state index >= 15 is 0 Å². The van der Waals surface area contributed by atoms with E-state index in [1.54, 1.807) is 12.1 Å². The highest BCUT2D eigenvalue weighted by Gasteiger charge is 2.07. The van der Waals surface area contributed by atoms with Crippen LogP contribution in [0.1, 0.15) is 88.4 Å². The molecule has 1 N–H and O–H groups in total. The average Bonchev–Trinajstić information content (AvgIpc) is 3.15. The lowest BCUT2D eigenvalue weighted by Gasteiger charge is -2.09. The first-order valence-corrected chi connectivity index (χ1v) is 19.5. The van der Waals surface area contributed by atoms with Gasteiger partial charge in [-0.25, -0.2) is 4.79 Å². The van der Waals surface area contributed by atoms with Crippen molar-refractivity contribution in [3.8, 4) is 0 Å². The fourth-order valence-corrected chi connectivity index (χ4v) is 4.56. The molecular weight excluding hydrogens is 674 g/mol. The summed E-state index contributed by atoms with van der Waals surface area (Å²) in [6, 6.07) is 7.29. The van der Waals surface area contributed by atoms with Gasteiger partial charge in [-0.15, -0.1) is 0 Å². The second-order valence-corrected chi connectivity index (χ2v) is 12.0. The van der Waals surface area contributed by atoms with Gasteiger partial charge in [-0.05, 0) is 37.1 Å². The number of ether oxygens (including phenoxy) is 10. The molecule has 0 aliphatic rings. The van der Waals surface area contributed by atoms with Crippen LogP contribution >= 0.6 is 0 Å². The molecule has 0 heterocycles. The molecular formula is C39H69NO12. The molecule has 0 saturated heterocycles. The van der Waals surface area contributed by atoms with E-state index in [0.717, 1.165) is 37.9 Å². The molecule has 1 aromatic rings. The number of nitrogens with one attached hydrogen (secondary N) is 1. The standard InChI is InChI=1S/C39H69NO12/c1-3-5-7-8-9-10-11-12-38(41)51-34-32-49-30-28-47-26-24-45-22-20-43-18-19-44-21-23-46-25-27-48-29-31-50-33-35-52-39(42)36-13-15-37(16-14-36)40-17-6-4-2/h13-16,40H,3-12,17-35H2,1-2H3. The third kappa shape index (κ3) is 32.3. The van der Waals surface area contributed by atoms with Crippen molar-refractivity contribution in [3.63, 3.8) is 0 Å². The van der Waals surface area contributed by atoms with E-state index < -0.39 is 0 Å². The van der Waals surface area contributed by atoms with Gasteiger partial charge < -0.3 is 52.7 Å². The molecule has 302 valence electrons. The summed E-state index contributed by atoms with van der Waals surface area (Å²) in [6.45, 7) is 13.0. The molecule has 13 heteroatoms. The molecule has 0 radical (unpaired) electrons. The van der Waals surface area contributed by atoms with Crippen molar-refractivity contribution < 1.29 is 57.0 Å². The highest BCUT2D eigenvalue weighted by atomic mass is 16.6. The number of carbonyl (C=O) groups is 2. The summed E-state index contributed by atoms with van der Waals surface area (Å²) in [5, 5.41) is 3.32. The van der Waals surface area contributed by atoms with E-state index in [2.05, 4.69) is 19.2 Å². The van der Waals surface area contributed by atoms with Gasteiger partial charge in [-0.3, -0.25) is 4.79 Å². The molecule has 0 saturated carbocycles. The van der Waals surface area contributed by atoms with Gasteiger partial charge in [0.2, 0.25) is 0 Å². The highest BCUT2D eigenvalue weighted by Crippen LogP contribution is 2.11. The molecule has 0 spiro atoms. The SMILES string of the molecule is CCCCCCCCCC(=O)OCCOCCOCCOCCOCCOCCOCCOCCOCCOC(=O)c1ccc(NCCCC)cc1. The first kappa shape index (κ1) is 47.7. The van der Waals surface area contributed by atoms with Crippen LogP contribution in [0, 0.1) is 0 Å². The number of hydrogen-bond donors (Lipinski definition) is 1. The van der Waals surface area contributed by atoms with E-state index in [4.69, 9.17) is 47.4 Å². The van der Waals surface area contributed by atoms with Crippen molar-refractivity contribution in [2.75, 3.05) is 131 Å². The first-order chi connectivity index (χ1) is 25.7. The quantitative estimate of drug-likeness (QED) is 0.0634. The number of carbonyl (C=O) groups excluding carboxylic acids is 2. The number of anilines is 1. The number of benzene rings is 1. The van der Waals surface area contributed by atoms with Crippen LogP contribution in [0.25, 0.3) is 0 Å². The third-order valence-electron chi connectivity index (χ3n) is 7.52. The van der Waals surface area contributed by atoms with Crippen LogP contribution in [0.3, 0.4) is 0 Å². The van der Waals surface area contributed by atoms with Gasteiger partial charge in [0, 0.05) is 18.7 Å². The zero-order valence-corrected chi connectivity index (χ0v) is 32.2. The Kier molecular flexibility index (Phi) is 35.2. The van der Waals surface area contributed by atoms with E-state index in [0.29, 0.717) is 118 Å². The Labute approximate surface area is 312 Å². The lowest BCUT2D eigenvalue weighted by Crippen LogP contribution is -2.15. The Morgan fingerprint density at radius 1 is 0.442 bits per heavy atom. The lowest BCUT2D eigenvalue weighted by molar-refractivity contribution is -0.145. The lowest BCUT2D eigenvalue weighted by atomic mass is 10.1. The smallest absolute Gasteiger partial charge is 0.338 e. The Morgan fingerprint density at radius 3 is 1.23 bits per heavy atom. The van der Waals surface area contributed by atoms with Crippen molar-refractivity contribution in [1.29, 1.82) is 0 Å². The fraction of sp³-hybridized carbons (Fsp3) is 0.795. The molecule has 1 rings (SSSR count). The molecule has 1 aromatic carbocycles. The zero-order chi connectivity index (χ0) is 37.4. The first-order valence-electron chi connectivity index (χ1n) is 19.5. The van der Waals surface area contributed by atoms with Crippen LogP contribution < -0.4 is 5.32 Å². The molecule has 0 fully saturated rings. The molecule has 52 heavy (non-hydrogen) atoms. The van der Waals surface area contributed by atoms with Crippen LogP contribution in [0.4, 0.5) is 5.69 Å². The van der Waals surface area contributed by atoms with Gasteiger partial charge in [-0.1, -0.05) is 58.8 Å². The maximum Gasteiger partial charge on any atom is 0.338 e. The largest absolute Gasteiger partial charge is 0.463 e. The minimum atomic E-state index is -0.363. The van der Waals surface area contributed by atoms with Gasteiger partial charge in [0.05, 0.1) is 111 Å². The number of esters is 2. The molecule has 0 aliphatic heterocycles. The van der Waals surface area contributed by atoms with Crippen LogP contribution in [0.2, 0.25) is 0 Å². The summed E-state index contributed by atoms with van der Waals surface area (Å²) in [4.78, 5) is 23.9. The second-order valence-electron chi connectivity index (χ2n) is 12.0. The second kappa shape index (κ2) is 38.4. The number of rotatable bonds is 40. The minimum Gasteiger partial charge on any atom is -0.463 e. The Bertz CT molecular complexity index is 921. The van der Waals surface area contributed by atoms with Crippen molar-refractivity contribution in [2.24, 2.45) is 0 Å². The molecule has 0 unspecified atom stereocenters. The van der Waals surface area contributed by atoms with E-state index in [1.807, 2.05) is 12.1 Å². The topological polar surface area (TPSA) is 138 Å². The van der Waals surface area contributed by atoms with Gasteiger partial charge >= 0.3 is 11.9 Å². The van der Waals surface area contributed by atoms with E-state index in [-0.39, 0.29) is 25.2 Å². The van der Waals surface area contributed by atoms with Crippen molar-refractivity contribution in [3.05, 3.63) is 29.8 Å². The molecule has 0 atom stereocenters. The maximum absolute atomic E-state index is 12.1. The normalized spacial score (nSPS) is 11.2. The number of hydrogen-bond acceptors (Lipinski definition) is 13. The monoisotopic (exact) mass is 743 g/mol. The van der Waals surface area contributed by atoms with Gasteiger partial charge in [-0.2, -0.15) is 0 Å². The average molecular weight is 744 g/mol.